The monoisotopic (exact) mass is 561 g/mol. The van der Waals surface area contributed by atoms with Gasteiger partial charge in [-0.3, -0.25) is 4.90 Å². The summed E-state index contributed by atoms with van der Waals surface area (Å²) < 4.78 is 51.5. The molecule has 2 aromatic heterocycles. The van der Waals surface area contributed by atoms with E-state index >= 15 is 4.39 Å². The zero-order chi connectivity index (χ0) is 28.8. The molecule has 0 amide bonds. The summed E-state index contributed by atoms with van der Waals surface area (Å²) in [5, 5.41) is 13.5. The first-order valence-corrected chi connectivity index (χ1v) is 13.3. The number of ether oxygens (including phenoxy) is 1. The van der Waals surface area contributed by atoms with Crippen LogP contribution in [0.25, 0.3) is 5.69 Å². The molecule has 2 saturated heterocycles. The summed E-state index contributed by atoms with van der Waals surface area (Å²) in [7, 11) is 1.40. The fourth-order valence-corrected chi connectivity index (χ4v) is 5.60. The Balaban J connectivity index is 1.42. The number of benzene rings is 1. The number of fused-ring (bicyclic) bond motifs is 1. The van der Waals surface area contributed by atoms with Crippen LogP contribution in [0.5, 0.6) is 5.75 Å². The minimum absolute atomic E-state index is 0.00894. The Kier molecular flexibility index (Phi) is 7.23. The molecular formula is C26H34F3N9O2. The van der Waals surface area contributed by atoms with Gasteiger partial charge in [-0.15, -0.1) is 0 Å². The summed E-state index contributed by atoms with van der Waals surface area (Å²) in [6.45, 7) is 7.70. The molecule has 0 radical (unpaired) electrons. The Hall–Kier alpha value is -3.68. The van der Waals surface area contributed by atoms with Crippen molar-refractivity contribution in [1.29, 1.82) is 0 Å². The summed E-state index contributed by atoms with van der Waals surface area (Å²) in [6, 6.07) is 2.70. The van der Waals surface area contributed by atoms with Gasteiger partial charge in [-0.1, -0.05) is 0 Å². The molecule has 2 unspecified atom stereocenters. The molecule has 0 bridgehead atoms. The van der Waals surface area contributed by atoms with Gasteiger partial charge >= 0.3 is 5.69 Å². The van der Waals surface area contributed by atoms with Gasteiger partial charge in [0.15, 0.2) is 17.5 Å². The number of nitrogens with zero attached hydrogens (tertiary/aromatic N) is 7. The molecule has 0 aliphatic carbocycles. The van der Waals surface area contributed by atoms with Gasteiger partial charge in [-0.05, 0) is 76.4 Å². The van der Waals surface area contributed by atoms with Crippen LogP contribution in [0, 0.1) is 11.6 Å². The molecule has 216 valence electrons. The maximum atomic E-state index is 15.2. The maximum Gasteiger partial charge on any atom is 0.368 e. The van der Waals surface area contributed by atoms with Crippen molar-refractivity contribution in [2.45, 2.75) is 76.7 Å². The number of piperidine rings is 1. The van der Waals surface area contributed by atoms with Gasteiger partial charge in [0.25, 0.3) is 0 Å². The van der Waals surface area contributed by atoms with Crippen LogP contribution in [-0.4, -0.2) is 71.1 Å². The Labute approximate surface area is 229 Å². The highest BCUT2D eigenvalue weighted by Crippen LogP contribution is 2.39. The highest BCUT2D eigenvalue weighted by molar-refractivity contribution is 5.63. The van der Waals surface area contributed by atoms with E-state index in [1.54, 1.807) is 0 Å². The third kappa shape index (κ3) is 5.76. The minimum atomic E-state index is -1.72. The average Bonchev–Trinajstić information content (AvgIpc) is 3.48. The largest absolute Gasteiger partial charge is 0.488 e. The van der Waals surface area contributed by atoms with E-state index in [9.17, 15) is 13.6 Å². The van der Waals surface area contributed by atoms with Crippen molar-refractivity contribution in [3.05, 3.63) is 40.4 Å². The molecule has 40 heavy (non-hydrogen) atoms. The summed E-state index contributed by atoms with van der Waals surface area (Å²) in [5.74, 6) is -1.57. The van der Waals surface area contributed by atoms with Gasteiger partial charge in [-0.25, -0.2) is 22.9 Å². The van der Waals surface area contributed by atoms with Crippen LogP contribution in [-0.2, 0) is 7.05 Å². The molecule has 1 aromatic carbocycles. The Morgan fingerprint density at radius 3 is 2.67 bits per heavy atom. The molecule has 2 aliphatic heterocycles. The molecule has 2 atom stereocenters. The van der Waals surface area contributed by atoms with E-state index < -0.39 is 29.6 Å². The smallest absolute Gasteiger partial charge is 0.368 e. The second-order valence-electron chi connectivity index (χ2n) is 11.7. The molecule has 14 heteroatoms. The fourth-order valence-electron chi connectivity index (χ4n) is 5.60. The second-order valence-corrected chi connectivity index (χ2v) is 11.7. The average molecular weight is 562 g/mol. The lowest BCUT2D eigenvalue weighted by molar-refractivity contribution is 0.0500. The van der Waals surface area contributed by atoms with Crippen LogP contribution in [0.4, 0.5) is 30.6 Å². The van der Waals surface area contributed by atoms with Crippen molar-refractivity contribution in [3.8, 4) is 11.4 Å². The van der Waals surface area contributed by atoms with Gasteiger partial charge in [0.05, 0.1) is 11.9 Å². The van der Waals surface area contributed by atoms with Crippen LogP contribution in [0.1, 0.15) is 53.4 Å². The van der Waals surface area contributed by atoms with Gasteiger partial charge in [0, 0.05) is 30.7 Å². The zero-order valence-electron chi connectivity index (χ0n) is 23.2. The Morgan fingerprint density at radius 2 is 1.98 bits per heavy atom. The molecule has 2 fully saturated rings. The first kappa shape index (κ1) is 27.9. The van der Waals surface area contributed by atoms with Crippen LogP contribution in [0.2, 0.25) is 0 Å². The molecule has 4 heterocycles. The number of rotatable bonds is 8. The van der Waals surface area contributed by atoms with E-state index in [4.69, 9.17) is 4.74 Å². The maximum absolute atomic E-state index is 15.2. The molecule has 3 aromatic rings. The zero-order valence-corrected chi connectivity index (χ0v) is 23.2. The normalized spacial score (nSPS) is 20.8. The van der Waals surface area contributed by atoms with Gasteiger partial charge < -0.3 is 15.4 Å². The Morgan fingerprint density at radius 1 is 1.20 bits per heavy atom. The summed E-state index contributed by atoms with van der Waals surface area (Å²) in [5.41, 5.74) is -2.47. The number of aryl methyl sites for hydroxylation is 1. The van der Waals surface area contributed by atoms with Crippen molar-refractivity contribution in [2.75, 3.05) is 23.8 Å². The topological polar surface area (TPSA) is 115 Å². The molecule has 0 saturated carbocycles. The molecule has 2 aliphatic rings. The highest BCUT2D eigenvalue weighted by atomic mass is 19.1. The van der Waals surface area contributed by atoms with E-state index in [2.05, 4.69) is 49.8 Å². The van der Waals surface area contributed by atoms with Crippen LogP contribution >= 0.6 is 0 Å². The van der Waals surface area contributed by atoms with Crippen molar-refractivity contribution in [3.63, 3.8) is 0 Å². The molecule has 2 N–H and O–H groups in total. The fraction of sp³-hybridized carbons (Fsp3) is 0.577. The third-order valence-electron chi connectivity index (χ3n) is 7.36. The minimum Gasteiger partial charge on any atom is -0.488 e. The number of nitrogens with one attached hydrogen (secondary N) is 2. The van der Waals surface area contributed by atoms with Crippen LogP contribution < -0.4 is 21.1 Å². The highest BCUT2D eigenvalue weighted by Gasteiger charge is 2.43. The third-order valence-corrected chi connectivity index (χ3v) is 7.36. The lowest BCUT2D eigenvalue weighted by Gasteiger charge is -2.47. The lowest BCUT2D eigenvalue weighted by atomic mass is 9.84. The molecular weight excluding hydrogens is 527 g/mol. The number of aromatic nitrogens is 6. The summed E-state index contributed by atoms with van der Waals surface area (Å²) in [4.78, 5) is 23.3. The number of hydrogen-bond donors (Lipinski definition) is 2. The predicted molar refractivity (Wildman–Crippen MR) is 143 cm³/mol. The van der Waals surface area contributed by atoms with Gasteiger partial charge in [-0.2, -0.15) is 14.3 Å². The number of tetrazole rings is 1. The number of halogens is 3. The quantitative estimate of drug-likeness (QED) is 0.425. The number of alkyl halides is 1. The van der Waals surface area contributed by atoms with Crippen LogP contribution in [0.3, 0.4) is 0 Å². The van der Waals surface area contributed by atoms with E-state index in [0.717, 1.165) is 53.9 Å². The van der Waals surface area contributed by atoms with Crippen molar-refractivity contribution in [2.24, 2.45) is 7.05 Å². The second kappa shape index (κ2) is 10.4. The molecule has 11 nitrogen and oxygen atoms in total. The molecule has 0 spiro atoms. The first-order valence-electron chi connectivity index (χ1n) is 13.3. The standard InChI is InChI=1S/C26H34F3N9O2/c1-25(2,29)14-40-21-10-17(27)19(11-20(21)38-24(39)36(5)34-35-38)32-23-30-13-18(28)22(33-23)31-15-9-16-7-6-8-37(16)26(3,4)12-15/h10-11,13,15-16H,6-9,12,14H2,1-5H3,(H2,30,31,32,33). The number of anilines is 3. The van der Waals surface area contributed by atoms with E-state index in [-0.39, 0.29) is 40.5 Å². The van der Waals surface area contributed by atoms with E-state index in [1.807, 2.05) is 0 Å². The summed E-state index contributed by atoms with van der Waals surface area (Å²) in [6.07, 6.45) is 4.97. The SMILES string of the molecule is Cn1nnn(-c2cc(Nc3ncc(F)c(NC4CC5CCCN5C(C)(C)C4)n3)c(F)cc2OCC(C)(C)F)c1=O. The van der Waals surface area contributed by atoms with E-state index in [1.165, 1.54) is 27.0 Å². The van der Waals surface area contributed by atoms with Crippen molar-refractivity contribution >= 4 is 17.5 Å². The lowest BCUT2D eigenvalue weighted by Crippen LogP contribution is -2.55. The predicted octanol–water partition coefficient (Wildman–Crippen LogP) is 3.72. The Bertz CT molecular complexity index is 1450. The number of hydrogen-bond acceptors (Lipinski definition) is 9. The van der Waals surface area contributed by atoms with Gasteiger partial charge in [0.1, 0.15) is 23.7 Å². The van der Waals surface area contributed by atoms with Crippen LogP contribution in [0.15, 0.2) is 23.1 Å². The van der Waals surface area contributed by atoms with Gasteiger partial charge in [0.2, 0.25) is 5.95 Å². The first-order chi connectivity index (χ1) is 18.8. The van der Waals surface area contributed by atoms with Crippen molar-refractivity contribution < 1.29 is 17.9 Å². The van der Waals surface area contributed by atoms with Crippen molar-refractivity contribution in [1.82, 2.24) is 34.7 Å². The summed E-state index contributed by atoms with van der Waals surface area (Å²) >= 11 is 0. The van der Waals surface area contributed by atoms with E-state index in [0.29, 0.717) is 6.04 Å². The molecule has 5 rings (SSSR count).